The number of nitrogens with zero attached hydrogens (tertiary/aromatic N) is 2. The van der Waals surface area contributed by atoms with Crippen molar-refractivity contribution in [3.05, 3.63) is 57.6 Å². The van der Waals surface area contributed by atoms with Crippen molar-refractivity contribution in [2.24, 2.45) is 0 Å². The van der Waals surface area contributed by atoms with Gasteiger partial charge in [-0.25, -0.2) is 4.57 Å². The van der Waals surface area contributed by atoms with Gasteiger partial charge in [0.05, 0.1) is 11.4 Å². The van der Waals surface area contributed by atoms with Gasteiger partial charge < -0.3 is 4.89 Å². The zero-order chi connectivity index (χ0) is 18.5. The summed E-state index contributed by atoms with van der Waals surface area (Å²) >= 11 is 0. The molecule has 0 aliphatic carbocycles. The van der Waals surface area contributed by atoms with Crippen LogP contribution in [0.5, 0.6) is 0 Å². The van der Waals surface area contributed by atoms with Crippen molar-refractivity contribution in [1.29, 1.82) is 0 Å². The summed E-state index contributed by atoms with van der Waals surface area (Å²) < 4.78 is 16.9. The van der Waals surface area contributed by atoms with E-state index >= 15 is 0 Å². The number of anilines is 2. The Morgan fingerprint density at radius 3 is 1.28 bits per heavy atom. The van der Waals surface area contributed by atoms with Crippen molar-refractivity contribution in [2.75, 3.05) is 22.4 Å². The third-order valence-corrected chi connectivity index (χ3v) is 7.00. The van der Waals surface area contributed by atoms with Gasteiger partial charge >= 0.3 is 7.67 Å². The third-order valence-electron chi connectivity index (χ3n) is 4.94. The van der Waals surface area contributed by atoms with Crippen molar-refractivity contribution in [2.45, 2.75) is 41.5 Å². The maximum Gasteiger partial charge on any atom is 0.394 e. The molecular weight excluding hydrogens is 331 g/mol. The summed E-state index contributed by atoms with van der Waals surface area (Å²) in [5.74, 6) is 0. The zero-order valence-electron chi connectivity index (χ0n) is 15.9. The van der Waals surface area contributed by atoms with Crippen LogP contribution in [0.25, 0.3) is 0 Å². The van der Waals surface area contributed by atoms with E-state index in [0.717, 1.165) is 33.6 Å². The molecule has 134 valence electrons. The number of hydrogen-bond acceptors (Lipinski definition) is 1. The molecule has 4 nitrogen and oxygen atoms in total. The van der Waals surface area contributed by atoms with E-state index in [1.54, 1.807) is 9.34 Å². The van der Waals surface area contributed by atoms with Gasteiger partial charge in [-0.3, -0.25) is 9.34 Å². The highest BCUT2D eigenvalue weighted by Crippen LogP contribution is 2.59. The normalized spacial score (nSPS) is 16.6. The fourth-order valence-corrected chi connectivity index (χ4v) is 6.34. The Labute approximate surface area is 150 Å². The molecule has 3 rings (SSSR count). The molecule has 0 bridgehead atoms. The zero-order valence-corrected chi connectivity index (χ0v) is 16.8. The molecule has 2 aromatic carbocycles. The van der Waals surface area contributed by atoms with Crippen LogP contribution in [-0.4, -0.2) is 18.0 Å². The van der Waals surface area contributed by atoms with Crippen molar-refractivity contribution >= 4 is 19.0 Å². The summed E-state index contributed by atoms with van der Waals surface area (Å²) in [7, 11) is -3.68. The molecule has 0 aromatic heterocycles. The predicted octanol–water partition coefficient (Wildman–Crippen LogP) is 4.96. The number of hydrogen-bond donors (Lipinski definition) is 1. The minimum absolute atomic E-state index is 0.547. The van der Waals surface area contributed by atoms with E-state index in [-0.39, 0.29) is 0 Å². The van der Waals surface area contributed by atoms with Gasteiger partial charge in [-0.15, -0.1) is 0 Å². The minimum atomic E-state index is -3.68. The summed E-state index contributed by atoms with van der Waals surface area (Å²) in [6, 6.07) is 8.31. The maximum atomic E-state index is 13.5. The molecule has 1 fully saturated rings. The van der Waals surface area contributed by atoms with E-state index in [1.807, 2.05) is 27.7 Å². The molecule has 0 amide bonds. The van der Waals surface area contributed by atoms with Crippen molar-refractivity contribution in [3.8, 4) is 0 Å². The first kappa shape index (κ1) is 18.0. The smallest absolute Gasteiger partial charge is 0.313 e. The van der Waals surface area contributed by atoms with Gasteiger partial charge in [-0.2, -0.15) is 0 Å². The van der Waals surface area contributed by atoms with Gasteiger partial charge in [0.2, 0.25) is 0 Å². The Bertz CT molecular complexity index is 776. The van der Waals surface area contributed by atoms with Crippen LogP contribution in [0.3, 0.4) is 0 Å². The Balaban J connectivity index is 2.09. The van der Waals surface area contributed by atoms with Crippen LogP contribution < -0.4 is 9.34 Å². The second-order valence-electron chi connectivity index (χ2n) is 7.25. The molecule has 1 aliphatic heterocycles. The van der Waals surface area contributed by atoms with E-state index < -0.39 is 7.67 Å². The van der Waals surface area contributed by atoms with Gasteiger partial charge in [-0.05, 0) is 63.8 Å². The molecule has 1 heterocycles. The average molecular weight is 358 g/mol. The first-order valence-electron chi connectivity index (χ1n) is 8.67. The van der Waals surface area contributed by atoms with Gasteiger partial charge in [-0.1, -0.05) is 35.4 Å². The topological polar surface area (TPSA) is 43.8 Å². The number of rotatable bonds is 2. The van der Waals surface area contributed by atoms with Crippen molar-refractivity contribution < 1.29 is 9.46 Å². The quantitative estimate of drug-likeness (QED) is 0.770. The van der Waals surface area contributed by atoms with Gasteiger partial charge in [0, 0.05) is 13.1 Å². The van der Waals surface area contributed by atoms with Crippen LogP contribution in [0.1, 0.15) is 33.4 Å². The van der Waals surface area contributed by atoms with Crippen LogP contribution in [0.2, 0.25) is 0 Å². The molecule has 2 aromatic rings. The van der Waals surface area contributed by atoms with Crippen LogP contribution in [0.15, 0.2) is 24.3 Å². The predicted molar refractivity (Wildman–Crippen MR) is 106 cm³/mol. The van der Waals surface area contributed by atoms with Crippen LogP contribution in [-0.2, 0) is 4.57 Å². The number of benzene rings is 2. The van der Waals surface area contributed by atoms with E-state index in [1.165, 1.54) is 11.1 Å². The fourth-order valence-electron chi connectivity index (χ4n) is 4.22. The largest absolute Gasteiger partial charge is 0.394 e. The molecule has 1 saturated heterocycles. The van der Waals surface area contributed by atoms with Gasteiger partial charge in [0.1, 0.15) is 0 Å². The lowest BCUT2D eigenvalue weighted by molar-refractivity contribution is 0.478. The minimum Gasteiger partial charge on any atom is -0.313 e. The summed E-state index contributed by atoms with van der Waals surface area (Å²) in [5.41, 5.74) is 8.32. The van der Waals surface area contributed by atoms with E-state index in [9.17, 15) is 9.46 Å². The molecule has 0 spiro atoms. The second-order valence-corrected chi connectivity index (χ2v) is 9.25. The molecule has 1 aliphatic rings. The van der Waals surface area contributed by atoms with Crippen LogP contribution in [0.4, 0.5) is 11.4 Å². The molecule has 0 radical (unpaired) electrons. The first-order valence-corrected chi connectivity index (χ1v) is 10.2. The highest BCUT2D eigenvalue weighted by Gasteiger charge is 2.44. The Morgan fingerprint density at radius 2 is 1.00 bits per heavy atom. The lowest BCUT2D eigenvalue weighted by Gasteiger charge is -2.31. The standard InChI is InChI=1S/C20H27N2O2P/c1-13-9-15(3)19(16(4)10-13)21-7-8-22(25(21,23)24)20-17(5)11-14(2)12-18(20)6/h9-12H,7-8H2,1-6H3,(H,23,24). The second kappa shape index (κ2) is 6.19. The number of aryl methyl sites for hydroxylation is 6. The maximum absolute atomic E-state index is 13.5. The lowest BCUT2D eigenvalue weighted by Crippen LogP contribution is -2.21. The Morgan fingerprint density at radius 1 is 0.720 bits per heavy atom. The summed E-state index contributed by atoms with van der Waals surface area (Å²) in [4.78, 5) is 11.1. The average Bonchev–Trinajstić information content (AvgIpc) is 2.73. The fraction of sp³-hybridized carbons (Fsp3) is 0.400. The van der Waals surface area contributed by atoms with E-state index in [2.05, 4.69) is 38.1 Å². The molecule has 0 atom stereocenters. The Kier molecular flexibility index (Phi) is 4.47. The molecular formula is C20H27N2O2P. The van der Waals surface area contributed by atoms with Gasteiger partial charge in [0.15, 0.2) is 0 Å². The first-order chi connectivity index (χ1) is 11.6. The van der Waals surface area contributed by atoms with Crippen molar-refractivity contribution in [3.63, 3.8) is 0 Å². The molecule has 25 heavy (non-hydrogen) atoms. The van der Waals surface area contributed by atoms with Crippen LogP contribution >= 0.6 is 7.67 Å². The highest BCUT2D eigenvalue weighted by molar-refractivity contribution is 7.61. The monoisotopic (exact) mass is 358 g/mol. The molecule has 5 heteroatoms. The molecule has 0 unspecified atom stereocenters. The summed E-state index contributed by atoms with van der Waals surface area (Å²) in [6.45, 7) is 13.3. The van der Waals surface area contributed by atoms with Gasteiger partial charge in [0.25, 0.3) is 0 Å². The molecule has 1 N–H and O–H groups in total. The molecule has 0 saturated carbocycles. The van der Waals surface area contributed by atoms with E-state index in [4.69, 9.17) is 0 Å². The SMILES string of the molecule is Cc1cc(C)c(N2CCN(c3c(C)cc(C)cc3C)P2(=O)O)c(C)c1. The third kappa shape index (κ3) is 2.98. The lowest BCUT2D eigenvalue weighted by atomic mass is 10.0. The van der Waals surface area contributed by atoms with Crippen molar-refractivity contribution in [1.82, 2.24) is 0 Å². The summed E-state index contributed by atoms with van der Waals surface area (Å²) in [6.07, 6.45) is 0. The summed E-state index contributed by atoms with van der Waals surface area (Å²) in [5, 5.41) is 0. The Hall–Kier alpha value is -1.77. The van der Waals surface area contributed by atoms with E-state index in [0.29, 0.717) is 13.1 Å². The highest BCUT2D eigenvalue weighted by atomic mass is 31.2. The van der Waals surface area contributed by atoms with Crippen LogP contribution in [0, 0.1) is 41.5 Å².